The van der Waals surface area contributed by atoms with E-state index in [1.54, 1.807) is 6.20 Å². The summed E-state index contributed by atoms with van der Waals surface area (Å²) < 4.78 is 0.773. The van der Waals surface area contributed by atoms with Crippen LogP contribution in [0.25, 0.3) is 10.9 Å². The van der Waals surface area contributed by atoms with Crippen molar-refractivity contribution in [2.75, 3.05) is 32.1 Å². The molecule has 0 saturated carbocycles. The van der Waals surface area contributed by atoms with Crippen LogP contribution < -0.4 is 4.90 Å². The molecule has 0 spiro atoms. The van der Waals surface area contributed by atoms with Crippen molar-refractivity contribution in [1.29, 1.82) is 5.26 Å². The zero-order valence-corrected chi connectivity index (χ0v) is 15.1. The summed E-state index contributed by atoms with van der Waals surface area (Å²) in [5.41, 5.74) is 3.33. The molecule has 0 bridgehead atoms. The fourth-order valence-corrected chi connectivity index (χ4v) is 3.19. The maximum Gasteiger partial charge on any atom is 0.107 e. The Morgan fingerprint density at radius 1 is 1.41 bits per heavy atom. The number of hydrogen-bond donors (Lipinski definition) is 0. The normalized spacial score (nSPS) is 14.6. The van der Waals surface area contributed by atoms with Crippen molar-refractivity contribution in [3.05, 3.63) is 28.1 Å². The number of rotatable bonds is 2. The number of hydrogen-bond acceptors (Lipinski definition) is 5. The topological polar surface area (TPSA) is 56.1 Å². The second-order valence-corrected chi connectivity index (χ2v) is 6.39. The number of nitriles is 1. The minimum Gasteiger partial charge on any atom is -0.367 e. The third-order valence-electron chi connectivity index (χ3n) is 4.00. The molecule has 0 unspecified atom stereocenters. The maximum absolute atomic E-state index is 9.41. The van der Waals surface area contributed by atoms with E-state index in [4.69, 9.17) is 0 Å². The minimum absolute atomic E-state index is 0. The summed E-state index contributed by atoms with van der Waals surface area (Å²) in [6.45, 7) is 3.80. The van der Waals surface area contributed by atoms with Crippen LogP contribution in [0.2, 0.25) is 0 Å². The summed E-state index contributed by atoms with van der Waals surface area (Å²) in [6.07, 6.45) is 1.66. The van der Waals surface area contributed by atoms with Gasteiger partial charge in [0.1, 0.15) is 10.7 Å². The SMILES string of the molecule is Cc1nc(Br)cc2c(N3CC(N(C)C)C3)c(C#N)cnc12.Cl. The van der Waals surface area contributed by atoms with Crippen molar-refractivity contribution in [1.82, 2.24) is 14.9 Å². The summed E-state index contributed by atoms with van der Waals surface area (Å²) >= 11 is 3.44. The summed E-state index contributed by atoms with van der Waals surface area (Å²) in [6, 6.07) is 4.75. The molecule has 116 valence electrons. The van der Waals surface area contributed by atoms with Crippen molar-refractivity contribution in [3.63, 3.8) is 0 Å². The van der Waals surface area contributed by atoms with Crippen LogP contribution in [-0.2, 0) is 0 Å². The molecule has 1 fully saturated rings. The predicted molar refractivity (Wildman–Crippen MR) is 93.6 cm³/mol. The molecule has 3 heterocycles. The maximum atomic E-state index is 9.41. The van der Waals surface area contributed by atoms with Gasteiger partial charge in [0.2, 0.25) is 0 Å². The molecule has 3 rings (SSSR count). The highest BCUT2D eigenvalue weighted by atomic mass is 79.9. The summed E-state index contributed by atoms with van der Waals surface area (Å²) in [4.78, 5) is 13.3. The second kappa shape index (κ2) is 6.37. The third kappa shape index (κ3) is 2.76. The number of aryl methyl sites for hydroxylation is 1. The Hall–Kier alpha value is -1.42. The van der Waals surface area contributed by atoms with Crippen LogP contribution in [0.15, 0.2) is 16.9 Å². The lowest BCUT2D eigenvalue weighted by Crippen LogP contribution is -2.57. The Morgan fingerprint density at radius 3 is 2.68 bits per heavy atom. The molecule has 0 N–H and O–H groups in total. The molecule has 0 atom stereocenters. The Bertz CT molecular complexity index is 750. The van der Waals surface area contributed by atoms with Gasteiger partial charge in [0.25, 0.3) is 0 Å². The molecule has 0 radical (unpaired) electrons. The van der Waals surface area contributed by atoms with Gasteiger partial charge in [-0.15, -0.1) is 12.4 Å². The van der Waals surface area contributed by atoms with Crippen LogP contribution in [0, 0.1) is 18.3 Å². The van der Waals surface area contributed by atoms with E-state index in [0.717, 1.165) is 40.0 Å². The average Bonchev–Trinajstić information content (AvgIpc) is 2.36. The van der Waals surface area contributed by atoms with Crippen LogP contribution in [0.3, 0.4) is 0 Å². The molecule has 1 saturated heterocycles. The number of fused-ring (bicyclic) bond motifs is 1. The van der Waals surface area contributed by atoms with Gasteiger partial charge in [0.15, 0.2) is 0 Å². The number of aromatic nitrogens is 2. The molecule has 7 heteroatoms. The van der Waals surface area contributed by atoms with Gasteiger partial charge < -0.3 is 9.80 Å². The van der Waals surface area contributed by atoms with Gasteiger partial charge in [-0.3, -0.25) is 4.98 Å². The van der Waals surface area contributed by atoms with E-state index < -0.39 is 0 Å². The molecule has 1 aliphatic heterocycles. The molecular formula is C15H17BrClN5. The Labute approximate surface area is 144 Å². The first-order valence-corrected chi connectivity index (χ1v) is 7.58. The third-order valence-corrected chi connectivity index (χ3v) is 4.40. The number of halogens is 2. The van der Waals surface area contributed by atoms with E-state index in [1.807, 2.05) is 13.0 Å². The summed E-state index contributed by atoms with van der Waals surface area (Å²) in [5.74, 6) is 0. The van der Waals surface area contributed by atoms with E-state index in [9.17, 15) is 5.26 Å². The number of anilines is 1. The molecular weight excluding hydrogens is 366 g/mol. The van der Waals surface area contributed by atoms with E-state index in [2.05, 4.69) is 55.9 Å². The molecule has 0 aromatic carbocycles. The Balaban J connectivity index is 0.00000176. The quantitative estimate of drug-likeness (QED) is 0.748. The summed E-state index contributed by atoms with van der Waals surface area (Å²) in [5, 5.41) is 10.4. The van der Waals surface area contributed by atoms with E-state index in [-0.39, 0.29) is 12.4 Å². The van der Waals surface area contributed by atoms with Gasteiger partial charge in [-0.2, -0.15) is 5.26 Å². The first kappa shape index (κ1) is 16.9. The highest BCUT2D eigenvalue weighted by molar-refractivity contribution is 9.10. The fourth-order valence-electron chi connectivity index (χ4n) is 2.69. The highest BCUT2D eigenvalue weighted by Gasteiger charge is 2.31. The first-order chi connectivity index (χ1) is 10.0. The van der Waals surface area contributed by atoms with Crippen molar-refractivity contribution in [2.24, 2.45) is 0 Å². The van der Waals surface area contributed by atoms with Crippen LogP contribution >= 0.6 is 28.3 Å². The van der Waals surface area contributed by atoms with Crippen LogP contribution in [0.5, 0.6) is 0 Å². The van der Waals surface area contributed by atoms with E-state index >= 15 is 0 Å². The lowest BCUT2D eigenvalue weighted by Gasteiger charge is -2.44. The smallest absolute Gasteiger partial charge is 0.107 e. The van der Waals surface area contributed by atoms with E-state index in [1.165, 1.54) is 0 Å². The van der Waals surface area contributed by atoms with Crippen molar-refractivity contribution >= 4 is 44.9 Å². The molecule has 2 aromatic rings. The number of nitrogens with zero attached hydrogens (tertiary/aromatic N) is 5. The van der Waals surface area contributed by atoms with Crippen LogP contribution in [0.4, 0.5) is 5.69 Å². The van der Waals surface area contributed by atoms with Gasteiger partial charge in [-0.1, -0.05) is 0 Å². The molecule has 22 heavy (non-hydrogen) atoms. The Morgan fingerprint density at radius 2 is 2.09 bits per heavy atom. The van der Waals surface area contributed by atoms with Gasteiger partial charge in [-0.25, -0.2) is 4.98 Å². The van der Waals surface area contributed by atoms with Gasteiger partial charge in [0.05, 0.1) is 22.5 Å². The van der Waals surface area contributed by atoms with E-state index in [0.29, 0.717) is 11.6 Å². The highest BCUT2D eigenvalue weighted by Crippen LogP contribution is 2.34. The van der Waals surface area contributed by atoms with Crippen molar-refractivity contribution < 1.29 is 0 Å². The minimum atomic E-state index is 0. The molecule has 2 aromatic heterocycles. The van der Waals surface area contributed by atoms with Crippen molar-refractivity contribution in [3.8, 4) is 6.07 Å². The monoisotopic (exact) mass is 381 g/mol. The van der Waals surface area contributed by atoms with Gasteiger partial charge in [-0.05, 0) is 43.0 Å². The summed E-state index contributed by atoms with van der Waals surface area (Å²) in [7, 11) is 4.17. The van der Waals surface area contributed by atoms with Crippen molar-refractivity contribution in [2.45, 2.75) is 13.0 Å². The van der Waals surface area contributed by atoms with Gasteiger partial charge in [0, 0.05) is 30.7 Å². The molecule has 0 aliphatic carbocycles. The zero-order valence-electron chi connectivity index (χ0n) is 12.7. The lowest BCUT2D eigenvalue weighted by atomic mass is 10.0. The number of likely N-dealkylation sites (N-methyl/N-ethyl adjacent to an activating group) is 1. The van der Waals surface area contributed by atoms with Gasteiger partial charge >= 0.3 is 0 Å². The Kier molecular flexibility index (Phi) is 4.90. The second-order valence-electron chi connectivity index (χ2n) is 5.58. The number of pyridine rings is 2. The molecule has 5 nitrogen and oxygen atoms in total. The average molecular weight is 383 g/mol. The van der Waals surface area contributed by atoms with Crippen LogP contribution in [0.1, 0.15) is 11.3 Å². The zero-order chi connectivity index (χ0) is 15.1. The molecule has 0 amide bonds. The fraction of sp³-hybridized carbons (Fsp3) is 0.400. The predicted octanol–water partition coefficient (Wildman–Crippen LogP) is 2.74. The first-order valence-electron chi connectivity index (χ1n) is 6.78. The largest absolute Gasteiger partial charge is 0.367 e. The standard InChI is InChI=1S/C15H16BrN5.ClH/c1-9-14-12(4-13(16)19-9)15(10(5-17)6-18-14)21-7-11(8-21)20(2)3;/h4,6,11H,7-8H2,1-3H3;1H. The van der Waals surface area contributed by atoms with Crippen LogP contribution in [-0.4, -0.2) is 48.1 Å². The lowest BCUT2D eigenvalue weighted by molar-refractivity contribution is 0.247. The molecule has 1 aliphatic rings.